The molecule has 9 aromatic rings. The van der Waals surface area contributed by atoms with Crippen LogP contribution in [0.25, 0.3) is 55.2 Å². The monoisotopic (exact) mass is 911 g/mol. The molecule has 0 unspecified atom stereocenters. The van der Waals surface area contributed by atoms with Gasteiger partial charge in [-0.15, -0.1) is 0 Å². The lowest BCUT2D eigenvalue weighted by Crippen LogP contribution is -2.33. The average Bonchev–Trinajstić information content (AvgIpc) is 3.90. The standard InChI is InChI=1S/C64H66N2O3/c1-60(2,3)40-21-26-55(46(31-40)39-17-13-12-14-18-39)66(56-38-68-58-37-53-52(36-49(56)58)63(8,9)29-30-64(53,10)11)42-33-47(59-48(34-42)45-19-15-16-20-57(45)69-59)44-24-23-43(67)35-54(44)65-41-22-25-50-51(32-41)62(6,7)28-27-61(50,4)5/h12-26,31-38,65,67H,27-30H2,1-11H3. The van der Waals surface area contributed by atoms with Gasteiger partial charge in [-0.3, -0.25) is 0 Å². The van der Waals surface area contributed by atoms with Crippen molar-refractivity contribution in [3.05, 3.63) is 168 Å². The van der Waals surface area contributed by atoms with Gasteiger partial charge >= 0.3 is 0 Å². The normalized spacial score (nSPS) is 16.9. The molecule has 2 heterocycles. The Morgan fingerprint density at radius 2 is 1.17 bits per heavy atom. The third-order valence-corrected chi connectivity index (χ3v) is 16.1. The number of fused-ring (bicyclic) bond motifs is 6. The van der Waals surface area contributed by atoms with Gasteiger partial charge in [0.1, 0.15) is 28.8 Å². The van der Waals surface area contributed by atoms with Gasteiger partial charge in [0.15, 0.2) is 0 Å². The molecule has 0 amide bonds. The molecular formula is C64H66N2O3. The summed E-state index contributed by atoms with van der Waals surface area (Å²) in [7, 11) is 0. The van der Waals surface area contributed by atoms with Crippen LogP contribution >= 0.6 is 0 Å². The number of furan rings is 2. The lowest BCUT2D eigenvalue weighted by Gasteiger charge is -2.42. The molecule has 2 aliphatic rings. The summed E-state index contributed by atoms with van der Waals surface area (Å²) in [6, 6.07) is 47.9. The summed E-state index contributed by atoms with van der Waals surface area (Å²) in [5.74, 6) is 0.185. The number of phenolic OH excluding ortho intramolecular Hbond substituents is 1. The minimum absolute atomic E-state index is 0.00393. The van der Waals surface area contributed by atoms with Gasteiger partial charge in [0.05, 0.1) is 17.1 Å². The first-order chi connectivity index (χ1) is 32.7. The van der Waals surface area contributed by atoms with Gasteiger partial charge < -0.3 is 24.2 Å². The Kier molecular flexibility index (Phi) is 10.2. The van der Waals surface area contributed by atoms with E-state index in [0.29, 0.717) is 0 Å². The van der Waals surface area contributed by atoms with Crippen LogP contribution in [0.15, 0.2) is 149 Å². The van der Waals surface area contributed by atoms with Crippen LogP contribution in [-0.4, -0.2) is 5.11 Å². The number of aromatic hydroxyl groups is 1. The fraction of sp³-hybridized carbons (Fsp3) is 0.312. The maximum atomic E-state index is 11.2. The Balaban J connectivity index is 1.19. The number of anilines is 5. The Hall–Kier alpha value is -6.72. The molecular weight excluding hydrogens is 845 g/mol. The van der Waals surface area contributed by atoms with E-state index in [4.69, 9.17) is 8.83 Å². The van der Waals surface area contributed by atoms with E-state index in [2.05, 4.69) is 196 Å². The van der Waals surface area contributed by atoms with Crippen molar-refractivity contribution in [2.45, 2.75) is 129 Å². The van der Waals surface area contributed by atoms with E-state index in [0.717, 1.165) is 109 Å². The van der Waals surface area contributed by atoms with Crippen LogP contribution in [-0.2, 0) is 27.1 Å². The predicted molar refractivity (Wildman–Crippen MR) is 290 cm³/mol. The van der Waals surface area contributed by atoms with Gasteiger partial charge in [-0.05, 0) is 153 Å². The number of rotatable bonds is 7. The van der Waals surface area contributed by atoms with Crippen molar-refractivity contribution in [3.63, 3.8) is 0 Å². The molecule has 0 saturated carbocycles. The fourth-order valence-corrected chi connectivity index (χ4v) is 11.5. The fourth-order valence-electron chi connectivity index (χ4n) is 11.5. The van der Waals surface area contributed by atoms with E-state index in [1.54, 1.807) is 6.07 Å². The van der Waals surface area contributed by atoms with Crippen molar-refractivity contribution in [3.8, 4) is 28.0 Å². The first-order valence-corrected chi connectivity index (χ1v) is 25.0. The molecule has 2 aromatic heterocycles. The molecule has 2 N–H and O–H groups in total. The molecule has 7 aromatic carbocycles. The summed E-state index contributed by atoms with van der Waals surface area (Å²) in [5.41, 5.74) is 18.1. The zero-order valence-corrected chi connectivity index (χ0v) is 42.3. The Labute approximate surface area is 408 Å². The van der Waals surface area contributed by atoms with Crippen LogP contribution < -0.4 is 10.2 Å². The molecule has 350 valence electrons. The van der Waals surface area contributed by atoms with Gasteiger partial charge in [0.2, 0.25) is 0 Å². The third kappa shape index (κ3) is 7.60. The summed E-state index contributed by atoms with van der Waals surface area (Å²) in [6.07, 6.45) is 6.47. The molecule has 0 fully saturated rings. The van der Waals surface area contributed by atoms with E-state index in [1.807, 2.05) is 24.5 Å². The molecule has 0 radical (unpaired) electrons. The lowest BCUT2D eigenvalue weighted by atomic mass is 9.63. The quantitative estimate of drug-likeness (QED) is 0.167. The van der Waals surface area contributed by atoms with E-state index in [1.165, 1.54) is 27.8 Å². The first kappa shape index (κ1) is 44.8. The predicted octanol–water partition coefficient (Wildman–Crippen LogP) is 18.6. The van der Waals surface area contributed by atoms with E-state index >= 15 is 0 Å². The van der Waals surface area contributed by atoms with Crippen LogP contribution in [0, 0.1) is 0 Å². The van der Waals surface area contributed by atoms with Crippen molar-refractivity contribution >= 4 is 61.3 Å². The summed E-state index contributed by atoms with van der Waals surface area (Å²) in [6.45, 7) is 25.8. The van der Waals surface area contributed by atoms with E-state index in [-0.39, 0.29) is 32.8 Å². The Bertz CT molecular complexity index is 3480. The van der Waals surface area contributed by atoms with Gasteiger partial charge in [-0.25, -0.2) is 0 Å². The van der Waals surface area contributed by atoms with Gasteiger partial charge in [0, 0.05) is 50.3 Å². The zero-order valence-electron chi connectivity index (χ0n) is 42.3. The molecule has 2 aliphatic carbocycles. The van der Waals surface area contributed by atoms with Crippen LogP contribution in [0.2, 0.25) is 0 Å². The van der Waals surface area contributed by atoms with E-state index in [9.17, 15) is 5.11 Å². The molecule has 11 rings (SSSR count). The maximum Gasteiger partial charge on any atom is 0.143 e. The Morgan fingerprint density at radius 1 is 0.522 bits per heavy atom. The lowest BCUT2D eigenvalue weighted by molar-refractivity contribution is 0.332. The molecule has 5 heteroatoms. The van der Waals surface area contributed by atoms with Crippen LogP contribution in [0.5, 0.6) is 5.75 Å². The second kappa shape index (κ2) is 15.7. The number of phenols is 1. The number of nitrogens with zero attached hydrogens (tertiary/aromatic N) is 1. The molecule has 0 saturated heterocycles. The molecule has 0 aliphatic heterocycles. The SMILES string of the molecule is CC(C)(C)c1ccc(N(c2cc(-c3ccc(O)cc3Nc3ccc4c(c3)C(C)(C)CCC4(C)C)c3oc4ccccc4c3c2)c2coc3cc4c(cc23)C(C)(C)CCC4(C)C)c(-c2ccccc2)c1. The summed E-state index contributed by atoms with van der Waals surface area (Å²) in [5, 5.41) is 18.2. The van der Waals surface area contributed by atoms with Crippen molar-refractivity contribution in [1.29, 1.82) is 0 Å². The summed E-state index contributed by atoms with van der Waals surface area (Å²) < 4.78 is 13.7. The van der Waals surface area contributed by atoms with Gasteiger partial charge in [-0.2, -0.15) is 0 Å². The molecule has 0 bridgehead atoms. The second-order valence-electron chi connectivity index (χ2n) is 23.8. The third-order valence-electron chi connectivity index (χ3n) is 16.1. The highest BCUT2D eigenvalue weighted by Gasteiger charge is 2.39. The smallest absolute Gasteiger partial charge is 0.143 e. The van der Waals surface area contributed by atoms with Crippen molar-refractivity contribution in [2.24, 2.45) is 0 Å². The van der Waals surface area contributed by atoms with Gasteiger partial charge in [-0.1, -0.05) is 137 Å². The molecule has 0 atom stereocenters. The van der Waals surface area contributed by atoms with Gasteiger partial charge in [0.25, 0.3) is 0 Å². The van der Waals surface area contributed by atoms with Crippen molar-refractivity contribution in [2.75, 3.05) is 10.2 Å². The molecule has 5 nitrogen and oxygen atoms in total. The Morgan fingerprint density at radius 3 is 1.88 bits per heavy atom. The number of nitrogens with one attached hydrogen (secondary N) is 1. The molecule has 0 spiro atoms. The van der Waals surface area contributed by atoms with Crippen molar-refractivity contribution in [1.82, 2.24) is 0 Å². The summed E-state index contributed by atoms with van der Waals surface area (Å²) in [4.78, 5) is 2.42. The number of hydrogen-bond acceptors (Lipinski definition) is 5. The minimum atomic E-state index is -0.0826. The number of benzene rings is 7. The first-order valence-electron chi connectivity index (χ1n) is 25.0. The van der Waals surface area contributed by atoms with Crippen LogP contribution in [0.4, 0.5) is 28.4 Å². The van der Waals surface area contributed by atoms with Crippen molar-refractivity contribution < 1.29 is 13.9 Å². The minimum Gasteiger partial charge on any atom is -0.508 e. The van der Waals surface area contributed by atoms with Crippen LogP contribution in [0.1, 0.15) is 130 Å². The largest absolute Gasteiger partial charge is 0.508 e. The highest BCUT2D eigenvalue weighted by Crippen LogP contribution is 2.53. The maximum absolute atomic E-state index is 11.2. The second-order valence-corrected chi connectivity index (χ2v) is 23.8. The van der Waals surface area contributed by atoms with Crippen LogP contribution in [0.3, 0.4) is 0 Å². The topological polar surface area (TPSA) is 61.8 Å². The average molecular weight is 911 g/mol. The summed E-state index contributed by atoms with van der Waals surface area (Å²) >= 11 is 0. The van der Waals surface area contributed by atoms with E-state index < -0.39 is 0 Å². The number of para-hydroxylation sites is 1. The highest BCUT2D eigenvalue weighted by atomic mass is 16.3. The number of hydrogen-bond donors (Lipinski definition) is 2. The highest BCUT2D eigenvalue weighted by molar-refractivity contribution is 6.13. The zero-order chi connectivity index (χ0) is 48.4. The molecule has 69 heavy (non-hydrogen) atoms.